The minimum absolute atomic E-state index is 0.206. The molecule has 15 nitrogen and oxygen atoms in total. The van der Waals surface area contributed by atoms with Gasteiger partial charge in [-0.1, -0.05) is 0 Å². The molecule has 0 aromatic heterocycles. The Bertz CT molecular complexity index is 1020. The zero-order valence-corrected chi connectivity index (χ0v) is 31.1. The number of rotatable bonds is 14. The van der Waals surface area contributed by atoms with E-state index in [0.717, 1.165) is 5.32 Å². The van der Waals surface area contributed by atoms with Crippen LogP contribution in [0.25, 0.3) is 0 Å². The molecule has 0 aromatic rings. The van der Waals surface area contributed by atoms with E-state index in [2.05, 4.69) is 21.3 Å². The van der Waals surface area contributed by atoms with Crippen molar-refractivity contribution < 1.29 is 53.2 Å². The monoisotopic (exact) mass is 728 g/mol. The molecule has 3 atom stereocenters. The molecule has 0 fully saturated rings. The fourth-order valence-electron chi connectivity index (χ4n) is 3.20. The molecule has 0 heterocycles. The average Bonchev–Trinajstić information content (AvgIpc) is 2.82. The average molecular weight is 728 g/mol. The van der Waals surface area contributed by atoms with Gasteiger partial charge in [0.25, 0.3) is 0 Å². The summed E-state index contributed by atoms with van der Waals surface area (Å²) >= 11 is 0.346. The van der Waals surface area contributed by atoms with E-state index < -0.39 is 70.6 Å². The van der Waals surface area contributed by atoms with Crippen molar-refractivity contribution in [3.63, 3.8) is 0 Å². The molecule has 0 saturated carbocycles. The third-order valence-electron chi connectivity index (χ3n) is 5.37. The van der Waals surface area contributed by atoms with Crippen molar-refractivity contribution in [3.05, 3.63) is 0 Å². The summed E-state index contributed by atoms with van der Waals surface area (Å²) in [4.78, 5) is 69.3. The molecule has 0 aromatic carbocycles. The maximum atomic E-state index is 11.9. The van der Waals surface area contributed by atoms with E-state index in [1.807, 2.05) is 5.82 Å². The van der Waals surface area contributed by atoms with Gasteiger partial charge in [0, 0.05) is 6.54 Å². The first-order chi connectivity index (χ1) is 20.7. The molecule has 4 amide bonds. The van der Waals surface area contributed by atoms with E-state index in [1.54, 1.807) is 62.3 Å². The summed E-state index contributed by atoms with van der Waals surface area (Å²) in [5.74, 6) is -0.757. The number of hydrogen-bond acceptors (Lipinski definition) is 9. The van der Waals surface area contributed by atoms with Crippen LogP contribution in [-0.2, 0) is 28.6 Å². The predicted molar refractivity (Wildman–Crippen MR) is 173 cm³/mol. The Labute approximate surface area is 279 Å². The van der Waals surface area contributed by atoms with Gasteiger partial charge in [0.2, 0.25) is 0 Å². The molecular formula is C30H56N4O11Se. The summed E-state index contributed by atoms with van der Waals surface area (Å²) in [6.45, 7) is 18.8. The standard InChI is InChI=1S/C17H32N2O6.C13H24N2O5Se/c1-15(2,3)24-13(22)18-11-9-8-10-17(7,12(20)21)19-14(23)25-16(4,5)6;1-8(14-12(19)20-13(2,3)4)10(16)15-9(11(17)18)6-7-21-5/h8-11H2,1-7H3,(H,18,22)(H,19,23)(H,20,21);8-9H,6-7H2,1-5H3,(H,14,19)(H,15,16)(H,17,18)/t;8-,9-/m.0/s1. The molecule has 0 aliphatic rings. The van der Waals surface area contributed by atoms with Gasteiger partial charge >= 0.3 is 149 Å². The third kappa shape index (κ3) is 24.0. The molecule has 0 rings (SSSR count). The number of amides is 4. The first-order valence-corrected chi connectivity index (χ1v) is 17.9. The van der Waals surface area contributed by atoms with Gasteiger partial charge in [-0.05, 0) is 67.7 Å². The molecule has 46 heavy (non-hydrogen) atoms. The molecular weight excluding hydrogens is 671 g/mol. The molecule has 0 aliphatic carbocycles. The molecule has 0 aliphatic heterocycles. The van der Waals surface area contributed by atoms with Gasteiger partial charge in [0.1, 0.15) is 16.7 Å². The predicted octanol–water partition coefficient (Wildman–Crippen LogP) is 4.08. The molecule has 0 bridgehead atoms. The molecule has 268 valence electrons. The number of carbonyl (C=O) groups is 6. The first-order valence-electron chi connectivity index (χ1n) is 14.9. The maximum absolute atomic E-state index is 11.9. The van der Waals surface area contributed by atoms with Crippen LogP contribution in [0.2, 0.25) is 11.1 Å². The van der Waals surface area contributed by atoms with Crippen molar-refractivity contribution in [1.82, 2.24) is 21.3 Å². The van der Waals surface area contributed by atoms with Gasteiger partial charge in [-0.25, -0.2) is 14.4 Å². The number of carbonyl (C=O) groups excluding carboxylic acids is 4. The van der Waals surface area contributed by atoms with Crippen molar-refractivity contribution in [2.24, 2.45) is 0 Å². The first kappa shape index (κ1) is 44.9. The van der Waals surface area contributed by atoms with Crippen LogP contribution in [0, 0.1) is 0 Å². The summed E-state index contributed by atoms with van der Waals surface area (Å²) in [7, 11) is 0. The summed E-state index contributed by atoms with van der Waals surface area (Å²) < 4.78 is 15.2. The fraction of sp³-hybridized carbons (Fsp3) is 0.800. The molecule has 0 radical (unpaired) electrons. The van der Waals surface area contributed by atoms with Crippen molar-refractivity contribution in [2.45, 2.75) is 147 Å². The third-order valence-corrected chi connectivity index (χ3v) is 6.72. The summed E-state index contributed by atoms with van der Waals surface area (Å²) in [5, 5.41) is 29.0. The van der Waals surface area contributed by atoms with Crippen molar-refractivity contribution >= 4 is 51.1 Å². The number of aliphatic carboxylic acids is 2. The van der Waals surface area contributed by atoms with Crippen molar-refractivity contribution in [2.75, 3.05) is 6.54 Å². The van der Waals surface area contributed by atoms with E-state index in [9.17, 15) is 33.9 Å². The number of nitrogens with one attached hydrogen (secondary N) is 4. The van der Waals surface area contributed by atoms with E-state index in [1.165, 1.54) is 13.8 Å². The second-order valence-electron chi connectivity index (χ2n) is 13.7. The zero-order valence-electron chi connectivity index (χ0n) is 29.4. The molecule has 6 N–H and O–H groups in total. The quantitative estimate of drug-likeness (QED) is 0.0851. The second kappa shape index (κ2) is 20.1. The van der Waals surface area contributed by atoms with Gasteiger partial charge in [0.05, 0.1) is 0 Å². The van der Waals surface area contributed by atoms with E-state index in [-0.39, 0.29) is 6.42 Å². The Balaban J connectivity index is 0. The zero-order chi connectivity index (χ0) is 36.5. The molecule has 16 heteroatoms. The Morgan fingerprint density at radius 1 is 0.717 bits per heavy atom. The van der Waals surface area contributed by atoms with Crippen LogP contribution in [0.4, 0.5) is 14.4 Å². The van der Waals surface area contributed by atoms with Crippen molar-refractivity contribution in [3.8, 4) is 0 Å². The van der Waals surface area contributed by atoms with Gasteiger partial charge in [-0.2, -0.15) is 0 Å². The Kier molecular flexibility index (Phi) is 19.6. The second-order valence-corrected chi connectivity index (χ2v) is 15.8. The van der Waals surface area contributed by atoms with Crippen LogP contribution in [0.1, 0.15) is 102 Å². The Hall–Kier alpha value is -3.26. The van der Waals surface area contributed by atoms with Crippen LogP contribution in [0.5, 0.6) is 0 Å². The van der Waals surface area contributed by atoms with Crippen molar-refractivity contribution in [1.29, 1.82) is 0 Å². The fourth-order valence-corrected chi connectivity index (χ4v) is 4.19. The van der Waals surface area contributed by atoms with Crippen LogP contribution >= 0.6 is 0 Å². The number of ether oxygens (including phenoxy) is 3. The summed E-state index contributed by atoms with van der Waals surface area (Å²) in [5.41, 5.74) is -3.37. The normalized spacial score (nSPS) is 14.1. The minimum atomic E-state index is -1.44. The molecule has 1 unspecified atom stereocenters. The number of alkyl carbamates (subject to hydrolysis) is 3. The number of carboxylic acid groups (broad SMARTS) is 2. The summed E-state index contributed by atoms with van der Waals surface area (Å²) in [6.07, 6.45) is -0.362. The van der Waals surface area contributed by atoms with Crippen LogP contribution < -0.4 is 21.3 Å². The van der Waals surface area contributed by atoms with Gasteiger partial charge in [-0.15, -0.1) is 0 Å². The van der Waals surface area contributed by atoms with E-state index in [4.69, 9.17) is 19.3 Å². The van der Waals surface area contributed by atoms with Gasteiger partial charge < -0.3 is 25.2 Å². The van der Waals surface area contributed by atoms with Gasteiger partial charge in [0.15, 0.2) is 0 Å². The Morgan fingerprint density at radius 2 is 1.20 bits per heavy atom. The summed E-state index contributed by atoms with van der Waals surface area (Å²) in [6, 6.07) is -1.80. The SMILES string of the molecule is CC(C)(C)OC(=O)NCCCCC(C)(NC(=O)OC(C)(C)C)C(=O)O.C[Se]CC[C@H](NC(=O)[C@H](C)NC(=O)OC(C)(C)C)C(=O)O. The number of carboxylic acids is 2. The molecule has 0 saturated heterocycles. The van der Waals surface area contributed by atoms with Crippen LogP contribution in [-0.4, -0.2) is 102 Å². The van der Waals surface area contributed by atoms with E-state index in [0.29, 0.717) is 40.8 Å². The van der Waals surface area contributed by atoms with Crippen LogP contribution in [0.15, 0.2) is 0 Å². The van der Waals surface area contributed by atoms with Crippen LogP contribution in [0.3, 0.4) is 0 Å². The topological polar surface area (TPSA) is 219 Å². The number of unbranched alkanes of at least 4 members (excludes halogenated alkanes) is 1. The van der Waals surface area contributed by atoms with Gasteiger partial charge in [-0.3, -0.25) is 0 Å². The number of hydrogen-bond donors (Lipinski definition) is 6. The molecule has 0 spiro atoms. The van der Waals surface area contributed by atoms with E-state index >= 15 is 0 Å². The Morgan fingerprint density at radius 3 is 1.63 bits per heavy atom.